The number of anilines is 1. The maximum absolute atomic E-state index is 12.0. The first-order valence-electron chi connectivity index (χ1n) is 6.98. The van der Waals surface area contributed by atoms with Gasteiger partial charge < -0.3 is 10.0 Å². The molecule has 1 aliphatic heterocycles. The van der Waals surface area contributed by atoms with Crippen LogP contribution in [-0.2, 0) is 11.2 Å². The van der Waals surface area contributed by atoms with Crippen LogP contribution < -0.4 is 5.32 Å². The highest BCUT2D eigenvalue weighted by Crippen LogP contribution is 2.25. The maximum atomic E-state index is 12.0. The third-order valence-corrected chi connectivity index (χ3v) is 4.42. The molecule has 1 saturated heterocycles. The highest BCUT2D eigenvalue weighted by atomic mass is 32.1. The van der Waals surface area contributed by atoms with E-state index in [9.17, 15) is 9.59 Å². The van der Waals surface area contributed by atoms with Gasteiger partial charge in [-0.2, -0.15) is 0 Å². The van der Waals surface area contributed by atoms with Crippen molar-refractivity contribution in [2.24, 2.45) is 17.8 Å². The lowest BCUT2D eigenvalue weighted by atomic mass is 9.87. The van der Waals surface area contributed by atoms with Gasteiger partial charge in [0, 0.05) is 25.4 Å². The lowest BCUT2D eigenvalue weighted by Crippen LogP contribution is -2.54. The fourth-order valence-electron chi connectivity index (χ4n) is 2.10. The number of amides is 2. The smallest absolute Gasteiger partial charge is 0.323 e. The minimum atomic E-state index is -0.817. The predicted molar refractivity (Wildman–Crippen MR) is 79.3 cm³/mol. The van der Waals surface area contributed by atoms with Crippen molar-refractivity contribution in [2.45, 2.75) is 27.2 Å². The summed E-state index contributed by atoms with van der Waals surface area (Å²) in [6, 6.07) is -0.240. The lowest BCUT2D eigenvalue weighted by molar-refractivity contribution is -0.144. The molecule has 2 amide bonds. The molecule has 1 aromatic rings. The molecule has 21 heavy (non-hydrogen) atoms. The molecular weight excluding hydrogens is 292 g/mol. The highest BCUT2D eigenvalue weighted by Gasteiger charge is 2.37. The van der Waals surface area contributed by atoms with E-state index in [1.54, 1.807) is 11.8 Å². The van der Waals surface area contributed by atoms with Crippen LogP contribution in [0.2, 0.25) is 0 Å². The summed E-state index contributed by atoms with van der Waals surface area (Å²) < 4.78 is 0. The number of urea groups is 1. The van der Waals surface area contributed by atoms with Crippen molar-refractivity contribution in [1.82, 2.24) is 15.1 Å². The summed E-state index contributed by atoms with van der Waals surface area (Å²) in [7, 11) is 0. The van der Waals surface area contributed by atoms with Crippen molar-refractivity contribution in [2.75, 3.05) is 18.4 Å². The van der Waals surface area contributed by atoms with Gasteiger partial charge in [-0.05, 0) is 5.92 Å². The van der Waals surface area contributed by atoms with Crippen LogP contribution in [0.1, 0.15) is 25.8 Å². The number of rotatable bonds is 5. The Morgan fingerprint density at radius 3 is 2.62 bits per heavy atom. The third-order valence-electron chi connectivity index (χ3n) is 3.56. The summed E-state index contributed by atoms with van der Waals surface area (Å²) in [4.78, 5) is 24.4. The van der Waals surface area contributed by atoms with E-state index in [4.69, 9.17) is 5.11 Å². The van der Waals surface area contributed by atoms with Crippen molar-refractivity contribution >= 4 is 28.5 Å². The van der Waals surface area contributed by atoms with Gasteiger partial charge in [-0.25, -0.2) is 4.79 Å². The van der Waals surface area contributed by atoms with E-state index >= 15 is 0 Å². The standard InChI is InChI=1S/C13H20N4O3S/c1-7(2)4-10-15-16-12(21-10)14-13(20)17-5-9(6-17)8(3)11(18)19/h7-9H,4-6H2,1-3H3,(H,18,19)(H,14,16,20). The number of nitrogens with one attached hydrogen (secondary N) is 1. The van der Waals surface area contributed by atoms with Crippen LogP contribution in [0.25, 0.3) is 0 Å². The SMILES string of the molecule is CC(C)Cc1nnc(NC(=O)N2CC(C(C)C(=O)O)C2)s1. The second-order valence-corrected chi connectivity index (χ2v) is 6.88. The maximum Gasteiger partial charge on any atom is 0.323 e. The first-order chi connectivity index (χ1) is 9.86. The number of aliphatic carboxylic acids is 1. The summed E-state index contributed by atoms with van der Waals surface area (Å²) >= 11 is 1.38. The molecule has 1 atom stereocenters. The average Bonchev–Trinajstić information content (AvgIpc) is 2.73. The van der Waals surface area contributed by atoms with Crippen LogP contribution in [0, 0.1) is 17.8 Å². The number of aromatic nitrogens is 2. The van der Waals surface area contributed by atoms with Crippen LogP contribution in [0.5, 0.6) is 0 Å². The van der Waals surface area contributed by atoms with E-state index in [0.29, 0.717) is 24.1 Å². The van der Waals surface area contributed by atoms with Crippen molar-refractivity contribution in [3.8, 4) is 0 Å². The molecular formula is C13H20N4O3S. The number of hydrogen-bond donors (Lipinski definition) is 2. The van der Waals surface area contributed by atoms with E-state index in [1.165, 1.54) is 11.3 Å². The van der Waals surface area contributed by atoms with Gasteiger partial charge in [0.1, 0.15) is 5.01 Å². The first kappa shape index (κ1) is 15.7. The number of carboxylic acid groups (broad SMARTS) is 1. The number of carboxylic acids is 1. The summed E-state index contributed by atoms with van der Waals surface area (Å²) in [6.07, 6.45) is 0.843. The number of nitrogens with zero attached hydrogens (tertiary/aromatic N) is 3. The topological polar surface area (TPSA) is 95.4 Å². The lowest BCUT2D eigenvalue weighted by Gasteiger charge is -2.40. The molecule has 0 saturated carbocycles. The van der Waals surface area contributed by atoms with E-state index in [2.05, 4.69) is 29.4 Å². The average molecular weight is 312 g/mol. The number of hydrogen-bond acceptors (Lipinski definition) is 5. The van der Waals surface area contributed by atoms with Gasteiger partial charge in [0.15, 0.2) is 0 Å². The van der Waals surface area contributed by atoms with Crippen molar-refractivity contribution in [3.05, 3.63) is 5.01 Å². The summed E-state index contributed by atoms with van der Waals surface area (Å²) in [5.41, 5.74) is 0. The second kappa shape index (κ2) is 6.38. The minimum Gasteiger partial charge on any atom is -0.481 e. The Hall–Kier alpha value is -1.70. The molecule has 2 heterocycles. The van der Waals surface area contributed by atoms with Gasteiger partial charge in [0.25, 0.3) is 0 Å². The van der Waals surface area contributed by atoms with Gasteiger partial charge in [-0.1, -0.05) is 32.1 Å². The molecule has 116 valence electrons. The molecule has 2 N–H and O–H groups in total. The van der Waals surface area contributed by atoms with Gasteiger partial charge in [-0.15, -0.1) is 10.2 Å². The van der Waals surface area contributed by atoms with Crippen molar-refractivity contribution < 1.29 is 14.7 Å². The summed E-state index contributed by atoms with van der Waals surface area (Å²) in [5, 5.41) is 21.0. The van der Waals surface area contributed by atoms with Gasteiger partial charge in [0.05, 0.1) is 5.92 Å². The Labute approximate surface area is 127 Å². The fourth-order valence-corrected chi connectivity index (χ4v) is 3.04. The van der Waals surface area contributed by atoms with E-state index in [0.717, 1.165) is 11.4 Å². The van der Waals surface area contributed by atoms with Crippen LogP contribution in [-0.4, -0.2) is 45.3 Å². The Morgan fingerprint density at radius 2 is 2.05 bits per heavy atom. The third kappa shape index (κ3) is 3.90. The quantitative estimate of drug-likeness (QED) is 0.866. The molecule has 1 aromatic heterocycles. The Balaban J connectivity index is 1.81. The Morgan fingerprint density at radius 1 is 1.38 bits per heavy atom. The van der Waals surface area contributed by atoms with Crippen molar-refractivity contribution in [1.29, 1.82) is 0 Å². The summed E-state index contributed by atoms with van der Waals surface area (Å²) in [6.45, 7) is 6.81. The molecule has 1 unspecified atom stereocenters. The van der Waals surface area contributed by atoms with E-state index in [-0.39, 0.29) is 11.9 Å². The predicted octanol–water partition coefficient (Wildman–Crippen LogP) is 1.92. The fraction of sp³-hybridized carbons (Fsp3) is 0.692. The molecule has 1 fully saturated rings. The van der Waals surface area contributed by atoms with E-state index in [1.807, 2.05) is 0 Å². The molecule has 0 spiro atoms. The van der Waals surface area contributed by atoms with Crippen LogP contribution in [0.3, 0.4) is 0 Å². The molecule has 1 aliphatic rings. The van der Waals surface area contributed by atoms with Crippen LogP contribution in [0.4, 0.5) is 9.93 Å². The second-order valence-electron chi connectivity index (χ2n) is 5.82. The minimum absolute atomic E-state index is 0.0270. The monoisotopic (exact) mass is 312 g/mol. The number of carbonyl (C=O) groups is 2. The number of carbonyl (C=O) groups excluding carboxylic acids is 1. The Kier molecular flexibility index (Phi) is 4.76. The first-order valence-corrected chi connectivity index (χ1v) is 7.79. The summed E-state index contributed by atoms with van der Waals surface area (Å²) in [5.74, 6) is -0.718. The zero-order chi connectivity index (χ0) is 15.6. The number of likely N-dealkylation sites (tertiary alicyclic amines) is 1. The zero-order valence-corrected chi connectivity index (χ0v) is 13.2. The highest BCUT2D eigenvalue weighted by molar-refractivity contribution is 7.15. The normalized spacial score (nSPS) is 16.7. The molecule has 0 bridgehead atoms. The molecule has 0 radical (unpaired) electrons. The van der Waals surface area contributed by atoms with Crippen molar-refractivity contribution in [3.63, 3.8) is 0 Å². The largest absolute Gasteiger partial charge is 0.481 e. The molecule has 8 heteroatoms. The van der Waals surface area contributed by atoms with Gasteiger partial charge in [0.2, 0.25) is 5.13 Å². The Bertz CT molecular complexity index is 525. The van der Waals surface area contributed by atoms with Crippen LogP contribution in [0.15, 0.2) is 0 Å². The molecule has 0 aromatic carbocycles. The van der Waals surface area contributed by atoms with Crippen LogP contribution >= 0.6 is 11.3 Å². The molecule has 0 aliphatic carbocycles. The van der Waals surface area contributed by atoms with Gasteiger partial charge >= 0.3 is 12.0 Å². The van der Waals surface area contributed by atoms with Gasteiger partial charge in [-0.3, -0.25) is 10.1 Å². The zero-order valence-electron chi connectivity index (χ0n) is 12.4. The van der Waals surface area contributed by atoms with E-state index < -0.39 is 11.9 Å². The molecule has 7 nitrogen and oxygen atoms in total. The molecule has 2 rings (SSSR count).